The highest BCUT2D eigenvalue weighted by Gasteiger charge is 2.23. The Morgan fingerprint density at radius 3 is 2.78 bits per heavy atom. The zero-order chi connectivity index (χ0) is 13.1. The number of fused-ring (bicyclic) bond motifs is 1. The van der Waals surface area contributed by atoms with Crippen LogP contribution in [0.15, 0.2) is 18.2 Å². The van der Waals surface area contributed by atoms with E-state index in [0.717, 1.165) is 17.4 Å². The molecule has 1 aliphatic carbocycles. The smallest absolute Gasteiger partial charge is 0.0408 e. The lowest BCUT2D eigenvalue weighted by Crippen LogP contribution is -2.29. The Kier molecular flexibility index (Phi) is 4.69. The summed E-state index contributed by atoms with van der Waals surface area (Å²) in [5, 5.41) is 4.63. The van der Waals surface area contributed by atoms with Crippen LogP contribution in [0, 0.1) is 5.92 Å². The molecule has 0 heterocycles. The minimum atomic E-state index is 0.527. The van der Waals surface area contributed by atoms with E-state index in [-0.39, 0.29) is 0 Å². The molecule has 2 atom stereocenters. The van der Waals surface area contributed by atoms with Gasteiger partial charge in [0.05, 0.1) is 0 Å². The first-order valence-electron chi connectivity index (χ1n) is 7.10. The van der Waals surface area contributed by atoms with E-state index in [0.29, 0.717) is 12.1 Å². The molecule has 0 bridgehead atoms. The number of aryl methyl sites for hydroxylation is 1. The van der Waals surface area contributed by atoms with Crippen molar-refractivity contribution in [2.75, 3.05) is 0 Å². The number of nitrogens with one attached hydrogen (secondary N) is 1. The molecule has 0 spiro atoms. The van der Waals surface area contributed by atoms with Crippen molar-refractivity contribution in [1.82, 2.24) is 5.32 Å². The third kappa shape index (κ3) is 3.49. The van der Waals surface area contributed by atoms with Gasteiger partial charge in [-0.3, -0.25) is 0 Å². The molecule has 0 aliphatic heterocycles. The molecule has 100 valence electrons. The van der Waals surface area contributed by atoms with E-state index in [2.05, 4.69) is 38.2 Å². The third-order valence-electron chi connectivity index (χ3n) is 3.85. The Morgan fingerprint density at radius 1 is 1.28 bits per heavy atom. The van der Waals surface area contributed by atoms with E-state index in [9.17, 15) is 0 Å². The molecule has 1 aromatic rings. The molecule has 1 aliphatic rings. The van der Waals surface area contributed by atoms with Gasteiger partial charge >= 0.3 is 0 Å². The largest absolute Gasteiger partial charge is 0.307 e. The molecule has 0 radical (unpaired) electrons. The van der Waals surface area contributed by atoms with Crippen molar-refractivity contribution in [3.05, 3.63) is 34.3 Å². The van der Waals surface area contributed by atoms with E-state index in [1.54, 1.807) is 0 Å². The minimum Gasteiger partial charge on any atom is -0.307 e. The maximum Gasteiger partial charge on any atom is 0.0408 e. The SMILES string of the molecule is CC(C)CCC(C)NC1CCc2cc(Cl)ccc21. The average Bonchev–Trinajstić information content (AvgIpc) is 2.69. The van der Waals surface area contributed by atoms with Gasteiger partial charge in [0.2, 0.25) is 0 Å². The van der Waals surface area contributed by atoms with Crippen LogP contribution in [0.25, 0.3) is 0 Å². The third-order valence-corrected chi connectivity index (χ3v) is 4.08. The molecule has 0 saturated carbocycles. The van der Waals surface area contributed by atoms with Gasteiger partial charge in [0.25, 0.3) is 0 Å². The standard InChI is InChI=1S/C16H24ClN/c1-11(2)4-5-12(3)18-16-9-6-13-10-14(17)7-8-15(13)16/h7-8,10-12,16,18H,4-6,9H2,1-3H3. The van der Waals surface area contributed by atoms with Gasteiger partial charge in [-0.2, -0.15) is 0 Å². The number of hydrogen-bond donors (Lipinski definition) is 1. The van der Waals surface area contributed by atoms with Gasteiger partial charge in [0.15, 0.2) is 0 Å². The molecule has 0 amide bonds. The summed E-state index contributed by atoms with van der Waals surface area (Å²) in [5.41, 5.74) is 2.88. The predicted octanol–water partition coefficient (Wildman–Crippen LogP) is 4.74. The second-order valence-corrected chi connectivity index (χ2v) is 6.41. The lowest BCUT2D eigenvalue weighted by atomic mass is 10.0. The molecule has 1 N–H and O–H groups in total. The predicted molar refractivity (Wildman–Crippen MR) is 79.2 cm³/mol. The van der Waals surface area contributed by atoms with E-state index in [4.69, 9.17) is 11.6 Å². The van der Waals surface area contributed by atoms with E-state index < -0.39 is 0 Å². The number of hydrogen-bond acceptors (Lipinski definition) is 1. The van der Waals surface area contributed by atoms with Crippen LogP contribution in [0.5, 0.6) is 0 Å². The van der Waals surface area contributed by atoms with Crippen LogP contribution in [-0.2, 0) is 6.42 Å². The Balaban J connectivity index is 1.93. The number of rotatable bonds is 5. The maximum atomic E-state index is 6.04. The van der Waals surface area contributed by atoms with E-state index >= 15 is 0 Å². The topological polar surface area (TPSA) is 12.0 Å². The summed E-state index contributed by atoms with van der Waals surface area (Å²) >= 11 is 6.04. The highest BCUT2D eigenvalue weighted by Crippen LogP contribution is 2.33. The van der Waals surface area contributed by atoms with E-state index in [1.165, 1.54) is 30.4 Å². The molecule has 0 fully saturated rings. The van der Waals surface area contributed by atoms with Gasteiger partial charge in [0.1, 0.15) is 0 Å². The highest BCUT2D eigenvalue weighted by atomic mass is 35.5. The molecule has 2 unspecified atom stereocenters. The van der Waals surface area contributed by atoms with Crippen LogP contribution in [0.3, 0.4) is 0 Å². The minimum absolute atomic E-state index is 0.527. The van der Waals surface area contributed by atoms with Gasteiger partial charge < -0.3 is 5.32 Å². The molecule has 1 nitrogen and oxygen atoms in total. The molecule has 1 aromatic carbocycles. The Hall–Kier alpha value is -0.530. The molecule has 2 rings (SSSR count). The fourth-order valence-corrected chi connectivity index (χ4v) is 2.96. The summed E-state index contributed by atoms with van der Waals surface area (Å²) in [6, 6.07) is 7.45. The number of halogens is 1. The highest BCUT2D eigenvalue weighted by molar-refractivity contribution is 6.30. The van der Waals surface area contributed by atoms with Gasteiger partial charge in [-0.15, -0.1) is 0 Å². The molecular weight excluding hydrogens is 242 g/mol. The van der Waals surface area contributed by atoms with Crippen molar-refractivity contribution < 1.29 is 0 Å². The van der Waals surface area contributed by atoms with Crippen molar-refractivity contribution >= 4 is 11.6 Å². The van der Waals surface area contributed by atoms with Crippen LogP contribution >= 0.6 is 11.6 Å². The summed E-state index contributed by atoms with van der Waals surface area (Å²) in [6.45, 7) is 6.88. The second kappa shape index (κ2) is 6.08. The molecule has 2 heteroatoms. The first-order chi connectivity index (χ1) is 8.56. The zero-order valence-electron chi connectivity index (χ0n) is 11.7. The lowest BCUT2D eigenvalue weighted by molar-refractivity contribution is 0.403. The second-order valence-electron chi connectivity index (χ2n) is 5.97. The Bertz CT molecular complexity index is 400. The monoisotopic (exact) mass is 265 g/mol. The number of benzene rings is 1. The fraction of sp³-hybridized carbons (Fsp3) is 0.625. The fourth-order valence-electron chi connectivity index (χ4n) is 2.77. The van der Waals surface area contributed by atoms with Crippen molar-refractivity contribution in [1.29, 1.82) is 0 Å². The summed E-state index contributed by atoms with van der Waals surface area (Å²) < 4.78 is 0. The van der Waals surface area contributed by atoms with Crippen LogP contribution in [0.1, 0.15) is 57.2 Å². The first kappa shape index (κ1) is 13.9. The van der Waals surface area contributed by atoms with Gasteiger partial charge in [-0.1, -0.05) is 31.5 Å². The zero-order valence-corrected chi connectivity index (χ0v) is 12.4. The van der Waals surface area contributed by atoms with Crippen LogP contribution < -0.4 is 5.32 Å². The maximum absolute atomic E-state index is 6.04. The summed E-state index contributed by atoms with van der Waals surface area (Å²) in [4.78, 5) is 0. The summed E-state index contributed by atoms with van der Waals surface area (Å²) in [6.07, 6.45) is 4.93. The Labute approximate surface area is 116 Å². The molecule has 0 saturated heterocycles. The summed E-state index contributed by atoms with van der Waals surface area (Å²) in [7, 11) is 0. The molecular formula is C16H24ClN. The van der Waals surface area contributed by atoms with Gasteiger partial charge in [0, 0.05) is 17.1 Å². The van der Waals surface area contributed by atoms with Gasteiger partial charge in [-0.25, -0.2) is 0 Å². The quantitative estimate of drug-likeness (QED) is 0.811. The van der Waals surface area contributed by atoms with Crippen molar-refractivity contribution in [3.8, 4) is 0 Å². The van der Waals surface area contributed by atoms with Crippen LogP contribution in [0.4, 0.5) is 0 Å². The first-order valence-corrected chi connectivity index (χ1v) is 7.48. The van der Waals surface area contributed by atoms with E-state index in [1.807, 2.05) is 6.07 Å². The normalized spacial score (nSPS) is 20.2. The summed E-state index contributed by atoms with van der Waals surface area (Å²) in [5.74, 6) is 0.795. The van der Waals surface area contributed by atoms with Gasteiger partial charge in [-0.05, 0) is 61.8 Å². The molecule has 18 heavy (non-hydrogen) atoms. The van der Waals surface area contributed by atoms with Crippen molar-refractivity contribution in [3.63, 3.8) is 0 Å². The Morgan fingerprint density at radius 2 is 2.06 bits per heavy atom. The average molecular weight is 266 g/mol. The van der Waals surface area contributed by atoms with Crippen molar-refractivity contribution in [2.45, 2.75) is 58.5 Å². The lowest BCUT2D eigenvalue weighted by Gasteiger charge is -2.21. The van der Waals surface area contributed by atoms with Crippen molar-refractivity contribution in [2.24, 2.45) is 5.92 Å². The molecule has 0 aromatic heterocycles. The van der Waals surface area contributed by atoms with Crippen LogP contribution in [0.2, 0.25) is 5.02 Å². The van der Waals surface area contributed by atoms with Crippen LogP contribution in [-0.4, -0.2) is 6.04 Å².